The van der Waals surface area contributed by atoms with Crippen molar-refractivity contribution in [2.45, 2.75) is 77.2 Å². The van der Waals surface area contributed by atoms with Crippen LogP contribution in [0.25, 0.3) is 22.3 Å². The number of aromatic amines is 1. The van der Waals surface area contributed by atoms with Gasteiger partial charge in [-0.25, -0.2) is 4.79 Å². The monoisotopic (exact) mass is 522 g/mol. The maximum atomic E-state index is 13.2. The third kappa shape index (κ3) is 4.73. The van der Waals surface area contributed by atoms with Gasteiger partial charge >= 0.3 is 6.03 Å². The average Bonchev–Trinajstić information content (AvgIpc) is 3.79. The highest BCUT2D eigenvalue weighted by Gasteiger charge is 2.49. The molecule has 0 bridgehead atoms. The van der Waals surface area contributed by atoms with Gasteiger partial charge in [0, 0.05) is 32.4 Å². The van der Waals surface area contributed by atoms with E-state index in [-0.39, 0.29) is 18.7 Å². The summed E-state index contributed by atoms with van der Waals surface area (Å²) in [6.07, 6.45) is 9.05. The summed E-state index contributed by atoms with van der Waals surface area (Å²) in [6, 6.07) is 1.80. The summed E-state index contributed by atoms with van der Waals surface area (Å²) in [6.45, 7) is 9.46. The highest BCUT2D eigenvalue weighted by molar-refractivity contribution is 5.96. The first-order valence-electron chi connectivity index (χ1n) is 13.9. The number of carbonyl (C=O) groups is 1. The van der Waals surface area contributed by atoms with E-state index in [1.807, 2.05) is 19.2 Å². The number of aliphatic hydroxyl groups is 1. The highest BCUT2D eigenvalue weighted by Crippen LogP contribution is 2.42. The van der Waals surface area contributed by atoms with Crippen LogP contribution in [0.2, 0.25) is 0 Å². The average molecular weight is 523 g/mol. The quantitative estimate of drug-likeness (QED) is 0.351. The van der Waals surface area contributed by atoms with E-state index in [2.05, 4.69) is 38.9 Å². The first-order chi connectivity index (χ1) is 18.4. The molecule has 11 heteroatoms. The number of carbonyl (C=O) groups excluding carboxylic acids is 1. The third-order valence-corrected chi connectivity index (χ3v) is 7.73. The van der Waals surface area contributed by atoms with Crippen LogP contribution in [0.4, 0.5) is 16.3 Å². The van der Waals surface area contributed by atoms with Crippen molar-refractivity contribution >= 4 is 28.4 Å². The van der Waals surface area contributed by atoms with Crippen molar-refractivity contribution in [1.82, 2.24) is 29.9 Å². The van der Waals surface area contributed by atoms with Crippen LogP contribution >= 0.6 is 0 Å². The number of H-pyrrole nitrogens is 1. The second-order valence-electron chi connectivity index (χ2n) is 11.5. The van der Waals surface area contributed by atoms with Crippen molar-refractivity contribution in [1.29, 1.82) is 0 Å². The van der Waals surface area contributed by atoms with E-state index in [1.165, 1.54) is 12.8 Å². The maximum absolute atomic E-state index is 13.2. The molecule has 3 N–H and O–H groups in total. The summed E-state index contributed by atoms with van der Waals surface area (Å²) in [5.74, 6) is 1.38. The SMILES string of the molecule is CCCN(C(=O)Nc1cn[nH]c1-c1cc2c(cn1)c(N1CC(OC3CC3)C1)nn2CC(C)C)C1(CO)CC1. The van der Waals surface area contributed by atoms with Gasteiger partial charge in [0.1, 0.15) is 5.69 Å². The van der Waals surface area contributed by atoms with E-state index < -0.39 is 5.54 Å². The van der Waals surface area contributed by atoms with E-state index in [0.29, 0.717) is 35.6 Å². The van der Waals surface area contributed by atoms with Gasteiger partial charge in [-0.15, -0.1) is 0 Å². The topological polar surface area (TPSA) is 124 Å². The molecule has 2 saturated carbocycles. The third-order valence-electron chi connectivity index (χ3n) is 7.73. The van der Waals surface area contributed by atoms with E-state index in [1.54, 1.807) is 11.1 Å². The molecular formula is C27H38N8O3. The number of fused-ring (bicyclic) bond motifs is 1. The van der Waals surface area contributed by atoms with Crippen LogP contribution in [0.1, 0.15) is 52.9 Å². The van der Waals surface area contributed by atoms with Gasteiger partial charge in [0.2, 0.25) is 0 Å². The van der Waals surface area contributed by atoms with Crippen LogP contribution in [0, 0.1) is 5.92 Å². The number of nitrogens with zero attached hydrogens (tertiary/aromatic N) is 6. The Bertz CT molecular complexity index is 1300. The molecule has 1 aliphatic heterocycles. The number of pyridine rings is 1. The summed E-state index contributed by atoms with van der Waals surface area (Å²) in [4.78, 5) is 22.0. The van der Waals surface area contributed by atoms with Crippen LogP contribution in [0.5, 0.6) is 0 Å². The predicted molar refractivity (Wildman–Crippen MR) is 145 cm³/mol. The number of aromatic nitrogens is 5. The van der Waals surface area contributed by atoms with E-state index >= 15 is 0 Å². The second-order valence-corrected chi connectivity index (χ2v) is 11.5. The zero-order valence-electron chi connectivity index (χ0n) is 22.5. The van der Waals surface area contributed by atoms with Gasteiger partial charge in [-0.05, 0) is 44.1 Å². The molecule has 204 valence electrons. The van der Waals surface area contributed by atoms with Gasteiger partial charge < -0.3 is 25.0 Å². The number of anilines is 2. The lowest BCUT2D eigenvalue weighted by Gasteiger charge is -2.39. The van der Waals surface area contributed by atoms with E-state index in [0.717, 1.165) is 55.6 Å². The van der Waals surface area contributed by atoms with Gasteiger partial charge in [0.15, 0.2) is 5.82 Å². The lowest BCUT2D eigenvalue weighted by molar-refractivity contribution is 0.0217. The molecule has 2 aliphatic carbocycles. The Hall–Kier alpha value is -3.18. The number of rotatable bonds is 11. The zero-order valence-corrected chi connectivity index (χ0v) is 22.5. The number of urea groups is 1. The van der Waals surface area contributed by atoms with Gasteiger partial charge in [-0.2, -0.15) is 10.2 Å². The molecule has 38 heavy (non-hydrogen) atoms. The number of amides is 2. The van der Waals surface area contributed by atoms with Crippen molar-refractivity contribution in [2.75, 3.05) is 36.5 Å². The Kier molecular flexibility index (Phi) is 6.51. The van der Waals surface area contributed by atoms with Gasteiger partial charge in [-0.1, -0.05) is 20.8 Å². The first kappa shape index (κ1) is 25.1. The fourth-order valence-corrected chi connectivity index (χ4v) is 5.28. The fourth-order valence-electron chi connectivity index (χ4n) is 5.28. The number of hydrogen-bond acceptors (Lipinski definition) is 7. The molecule has 3 fully saturated rings. The molecule has 4 heterocycles. The number of aliphatic hydroxyl groups excluding tert-OH is 1. The minimum absolute atomic E-state index is 0.0243. The van der Waals surface area contributed by atoms with Crippen molar-refractivity contribution in [3.05, 3.63) is 18.5 Å². The molecule has 0 spiro atoms. The number of nitrogens with one attached hydrogen (secondary N) is 2. The van der Waals surface area contributed by atoms with Crippen molar-refractivity contribution in [3.63, 3.8) is 0 Å². The molecule has 1 saturated heterocycles. The number of hydrogen-bond donors (Lipinski definition) is 3. The van der Waals surface area contributed by atoms with Crippen LogP contribution in [-0.4, -0.2) is 85.0 Å². The molecule has 11 nitrogen and oxygen atoms in total. The minimum Gasteiger partial charge on any atom is -0.394 e. The summed E-state index contributed by atoms with van der Waals surface area (Å²) in [7, 11) is 0. The standard InChI is InChI=1S/C27H38N8O3/c1-4-9-34(27(16-36)7-8-27)26(37)30-22-12-29-31-24(22)21-10-23-20(11-28-21)25(32-35(23)13-17(2)3)33-14-19(15-33)38-18-5-6-18/h10-12,17-19,36H,4-9,13-16H2,1-3H3,(H,29,31)(H,30,37). The fraction of sp³-hybridized carbons (Fsp3) is 0.630. The maximum Gasteiger partial charge on any atom is 0.322 e. The smallest absolute Gasteiger partial charge is 0.322 e. The molecular weight excluding hydrogens is 484 g/mol. The molecule has 0 radical (unpaired) electrons. The van der Waals surface area contributed by atoms with E-state index in [4.69, 9.17) is 14.8 Å². The molecule has 3 aromatic heterocycles. The molecule has 6 rings (SSSR count). The normalized spacial score (nSPS) is 18.7. The molecule has 0 unspecified atom stereocenters. The predicted octanol–water partition coefficient (Wildman–Crippen LogP) is 3.61. The Morgan fingerprint density at radius 3 is 2.74 bits per heavy atom. The highest BCUT2D eigenvalue weighted by atomic mass is 16.5. The largest absolute Gasteiger partial charge is 0.394 e. The summed E-state index contributed by atoms with van der Waals surface area (Å²) < 4.78 is 8.12. The van der Waals surface area contributed by atoms with Crippen molar-refractivity contribution in [2.24, 2.45) is 5.92 Å². The zero-order chi connectivity index (χ0) is 26.4. The van der Waals surface area contributed by atoms with Crippen LogP contribution < -0.4 is 10.2 Å². The Balaban J connectivity index is 1.26. The first-order valence-corrected chi connectivity index (χ1v) is 13.9. The van der Waals surface area contributed by atoms with Crippen molar-refractivity contribution in [3.8, 4) is 11.4 Å². The van der Waals surface area contributed by atoms with Crippen molar-refractivity contribution < 1.29 is 14.6 Å². The lowest BCUT2D eigenvalue weighted by Crippen LogP contribution is -2.53. The van der Waals surface area contributed by atoms with Crippen LogP contribution in [0.3, 0.4) is 0 Å². The van der Waals surface area contributed by atoms with Gasteiger partial charge in [0.05, 0.1) is 52.8 Å². The molecule has 2 amide bonds. The lowest BCUT2D eigenvalue weighted by atomic mass is 10.1. The van der Waals surface area contributed by atoms with Gasteiger partial charge in [0.25, 0.3) is 0 Å². The summed E-state index contributed by atoms with van der Waals surface area (Å²) in [5, 5.41) is 26.1. The molecule has 0 atom stereocenters. The van der Waals surface area contributed by atoms with Crippen LogP contribution in [-0.2, 0) is 11.3 Å². The Morgan fingerprint density at radius 2 is 2.08 bits per heavy atom. The Labute approximate surface area is 222 Å². The summed E-state index contributed by atoms with van der Waals surface area (Å²) in [5.41, 5.74) is 2.45. The molecule has 3 aromatic rings. The molecule has 0 aromatic carbocycles. The molecule has 3 aliphatic rings. The minimum atomic E-state index is -0.444. The number of ether oxygens (including phenoxy) is 1. The van der Waals surface area contributed by atoms with Gasteiger partial charge in [-0.3, -0.25) is 14.8 Å². The van der Waals surface area contributed by atoms with E-state index in [9.17, 15) is 9.90 Å². The van der Waals surface area contributed by atoms with Crippen LogP contribution in [0.15, 0.2) is 18.5 Å². The Morgan fingerprint density at radius 1 is 1.29 bits per heavy atom. The summed E-state index contributed by atoms with van der Waals surface area (Å²) >= 11 is 0. The second kappa shape index (κ2) is 9.85.